The third-order valence-electron chi connectivity index (χ3n) is 3.62. The molecule has 1 atom stereocenters. The summed E-state index contributed by atoms with van der Waals surface area (Å²) < 4.78 is 2.01. The normalized spacial score (nSPS) is 12.9. The van der Waals surface area contributed by atoms with Crippen LogP contribution < -0.4 is 11.3 Å². The number of aryl methyl sites for hydroxylation is 2. The summed E-state index contributed by atoms with van der Waals surface area (Å²) in [5, 5.41) is 4.52. The largest absolute Gasteiger partial charge is 0.271 e. The van der Waals surface area contributed by atoms with Crippen molar-refractivity contribution < 1.29 is 0 Å². The molecule has 21 heavy (non-hydrogen) atoms. The molecule has 1 unspecified atom stereocenters. The van der Waals surface area contributed by atoms with E-state index in [1.165, 1.54) is 11.1 Å². The van der Waals surface area contributed by atoms with Gasteiger partial charge in [-0.15, -0.1) is 0 Å². The molecule has 0 amide bonds. The van der Waals surface area contributed by atoms with E-state index in [1.807, 2.05) is 11.6 Å². The molecule has 1 aromatic heterocycles. The highest BCUT2D eigenvalue weighted by atomic mass is 15.3. The third kappa shape index (κ3) is 3.71. The molecule has 0 fully saturated rings. The second-order valence-electron chi connectivity index (χ2n) is 5.97. The Morgan fingerprint density at radius 2 is 2.05 bits per heavy atom. The lowest BCUT2D eigenvalue weighted by Gasteiger charge is -2.19. The molecule has 2 rings (SSSR count). The van der Waals surface area contributed by atoms with Crippen LogP contribution in [0.3, 0.4) is 0 Å². The van der Waals surface area contributed by atoms with Crippen LogP contribution in [0, 0.1) is 12.8 Å². The fourth-order valence-electron chi connectivity index (χ4n) is 2.77. The number of nitrogens with zero attached hydrogens (tertiary/aromatic N) is 2. The van der Waals surface area contributed by atoms with Crippen LogP contribution in [0.4, 0.5) is 0 Å². The first-order valence-corrected chi connectivity index (χ1v) is 7.64. The van der Waals surface area contributed by atoms with Gasteiger partial charge in [-0.05, 0) is 43.4 Å². The van der Waals surface area contributed by atoms with Crippen LogP contribution in [0.25, 0.3) is 0 Å². The fraction of sp³-hybridized carbons (Fsp3) is 0.471. The van der Waals surface area contributed by atoms with Crippen LogP contribution in [0.15, 0.2) is 30.3 Å². The molecule has 1 aromatic carbocycles. The summed E-state index contributed by atoms with van der Waals surface area (Å²) >= 11 is 0. The topological polar surface area (TPSA) is 55.9 Å². The maximum absolute atomic E-state index is 5.83. The van der Waals surface area contributed by atoms with Gasteiger partial charge in [-0.3, -0.25) is 10.5 Å². The highest BCUT2D eigenvalue weighted by Gasteiger charge is 2.18. The first kappa shape index (κ1) is 15.7. The summed E-state index contributed by atoms with van der Waals surface area (Å²) in [6, 6.07) is 10.7. The summed E-state index contributed by atoms with van der Waals surface area (Å²) in [5.41, 5.74) is 7.61. The van der Waals surface area contributed by atoms with Crippen molar-refractivity contribution in [3.63, 3.8) is 0 Å². The Balaban J connectivity index is 2.36. The Morgan fingerprint density at radius 3 is 2.67 bits per heavy atom. The molecular weight excluding hydrogens is 260 g/mol. The highest BCUT2D eigenvalue weighted by Crippen LogP contribution is 2.24. The minimum absolute atomic E-state index is 0.0294. The van der Waals surface area contributed by atoms with Crippen molar-refractivity contribution in [3.8, 4) is 0 Å². The van der Waals surface area contributed by atoms with Gasteiger partial charge in [-0.1, -0.05) is 38.1 Å². The van der Waals surface area contributed by atoms with Crippen molar-refractivity contribution in [2.24, 2.45) is 11.8 Å². The van der Waals surface area contributed by atoms with Gasteiger partial charge >= 0.3 is 0 Å². The second kappa shape index (κ2) is 6.87. The van der Waals surface area contributed by atoms with Crippen molar-refractivity contribution in [1.82, 2.24) is 15.2 Å². The van der Waals surface area contributed by atoms with Crippen LogP contribution in [-0.4, -0.2) is 9.78 Å². The zero-order chi connectivity index (χ0) is 15.4. The van der Waals surface area contributed by atoms with Gasteiger partial charge in [-0.2, -0.15) is 5.10 Å². The predicted molar refractivity (Wildman–Crippen MR) is 86.8 cm³/mol. The second-order valence-corrected chi connectivity index (χ2v) is 5.97. The molecule has 0 bridgehead atoms. The number of hydrogen-bond donors (Lipinski definition) is 2. The molecule has 0 saturated heterocycles. The van der Waals surface area contributed by atoms with Gasteiger partial charge in [0.05, 0.1) is 17.4 Å². The van der Waals surface area contributed by atoms with Crippen molar-refractivity contribution in [3.05, 3.63) is 52.8 Å². The lowest BCUT2D eigenvalue weighted by atomic mass is 9.97. The molecule has 4 nitrogen and oxygen atoms in total. The standard InChI is InChI=1S/C17H26N4/c1-5-21-16(10-13(4)20-21)17(19-18)15-8-6-7-14(11-15)9-12(2)3/h6-8,10-12,17,19H,5,9,18H2,1-4H3. The summed E-state index contributed by atoms with van der Waals surface area (Å²) in [7, 11) is 0. The fourth-order valence-corrected chi connectivity index (χ4v) is 2.77. The molecular formula is C17H26N4. The number of nitrogens with one attached hydrogen (secondary N) is 1. The number of hydrazine groups is 1. The quantitative estimate of drug-likeness (QED) is 0.634. The minimum atomic E-state index is -0.0294. The number of nitrogens with two attached hydrogens (primary N) is 1. The van der Waals surface area contributed by atoms with E-state index < -0.39 is 0 Å². The molecule has 0 aliphatic carbocycles. The molecule has 0 aliphatic rings. The van der Waals surface area contributed by atoms with Gasteiger partial charge in [0, 0.05) is 6.54 Å². The SMILES string of the molecule is CCn1nc(C)cc1C(NN)c1cccc(CC(C)C)c1. The van der Waals surface area contributed by atoms with E-state index in [2.05, 4.69) is 61.6 Å². The van der Waals surface area contributed by atoms with Gasteiger partial charge in [0.15, 0.2) is 0 Å². The number of benzene rings is 1. The van der Waals surface area contributed by atoms with Gasteiger partial charge in [-0.25, -0.2) is 5.43 Å². The lowest BCUT2D eigenvalue weighted by Crippen LogP contribution is -2.30. The molecule has 0 spiro atoms. The number of hydrogen-bond acceptors (Lipinski definition) is 3. The van der Waals surface area contributed by atoms with Gasteiger partial charge < -0.3 is 0 Å². The maximum Gasteiger partial charge on any atom is 0.0878 e. The van der Waals surface area contributed by atoms with Crippen LogP contribution in [0.1, 0.15) is 49.3 Å². The number of rotatable bonds is 6. The zero-order valence-electron chi connectivity index (χ0n) is 13.4. The van der Waals surface area contributed by atoms with Gasteiger partial charge in [0.2, 0.25) is 0 Å². The van der Waals surface area contributed by atoms with Crippen LogP contribution in [0.2, 0.25) is 0 Å². The molecule has 114 valence electrons. The van der Waals surface area contributed by atoms with E-state index >= 15 is 0 Å². The Morgan fingerprint density at radius 1 is 1.29 bits per heavy atom. The highest BCUT2D eigenvalue weighted by molar-refractivity contribution is 5.32. The van der Waals surface area contributed by atoms with E-state index in [9.17, 15) is 0 Å². The monoisotopic (exact) mass is 286 g/mol. The van der Waals surface area contributed by atoms with Gasteiger partial charge in [0.25, 0.3) is 0 Å². The van der Waals surface area contributed by atoms with Crippen molar-refractivity contribution >= 4 is 0 Å². The predicted octanol–water partition coefficient (Wildman–Crippen LogP) is 2.96. The summed E-state index contributed by atoms with van der Waals surface area (Å²) in [4.78, 5) is 0. The van der Waals surface area contributed by atoms with Crippen LogP contribution in [-0.2, 0) is 13.0 Å². The minimum Gasteiger partial charge on any atom is -0.271 e. The smallest absolute Gasteiger partial charge is 0.0878 e. The van der Waals surface area contributed by atoms with E-state index in [-0.39, 0.29) is 6.04 Å². The lowest BCUT2D eigenvalue weighted by molar-refractivity contribution is 0.541. The summed E-state index contributed by atoms with van der Waals surface area (Å²) in [5.74, 6) is 6.48. The Bertz CT molecular complexity index is 586. The average Bonchev–Trinajstić information content (AvgIpc) is 2.80. The number of aromatic nitrogens is 2. The van der Waals surface area contributed by atoms with Gasteiger partial charge in [0.1, 0.15) is 0 Å². The molecule has 0 saturated carbocycles. The van der Waals surface area contributed by atoms with Crippen LogP contribution in [0.5, 0.6) is 0 Å². The maximum atomic E-state index is 5.83. The van der Waals surface area contributed by atoms with Crippen molar-refractivity contribution in [1.29, 1.82) is 0 Å². The first-order valence-electron chi connectivity index (χ1n) is 7.64. The van der Waals surface area contributed by atoms with E-state index in [0.717, 1.165) is 24.4 Å². The third-order valence-corrected chi connectivity index (χ3v) is 3.62. The average molecular weight is 286 g/mol. The van der Waals surface area contributed by atoms with Crippen LogP contribution >= 0.6 is 0 Å². The Kier molecular flexibility index (Phi) is 5.15. The molecule has 3 N–H and O–H groups in total. The summed E-state index contributed by atoms with van der Waals surface area (Å²) in [6.07, 6.45) is 1.08. The summed E-state index contributed by atoms with van der Waals surface area (Å²) in [6.45, 7) is 9.42. The van der Waals surface area contributed by atoms with E-state index in [0.29, 0.717) is 5.92 Å². The molecule has 0 aliphatic heterocycles. The van der Waals surface area contributed by atoms with Crippen molar-refractivity contribution in [2.45, 2.75) is 46.7 Å². The molecule has 0 radical (unpaired) electrons. The van der Waals surface area contributed by atoms with E-state index in [4.69, 9.17) is 5.84 Å². The molecule has 2 aromatic rings. The molecule has 4 heteroatoms. The van der Waals surface area contributed by atoms with E-state index in [1.54, 1.807) is 0 Å². The Labute approximate surface area is 127 Å². The molecule has 1 heterocycles. The Hall–Kier alpha value is -1.65. The first-order chi connectivity index (χ1) is 10.0. The zero-order valence-corrected chi connectivity index (χ0v) is 13.4. The van der Waals surface area contributed by atoms with Crippen molar-refractivity contribution in [2.75, 3.05) is 0 Å².